The number of carbonyl (C=O) groups excluding carboxylic acids is 1. The first-order valence-corrected chi connectivity index (χ1v) is 5.76. The number of hydrogen-bond acceptors (Lipinski definition) is 3. The van der Waals surface area contributed by atoms with Crippen LogP contribution >= 0.6 is 0 Å². The van der Waals surface area contributed by atoms with Crippen molar-refractivity contribution in [2.24, 2.45) is 0 Å². The van der Waals surface area contributed by atoms with E-state index < -0.39 is 0 Å². The Bertz CT molecular complexity index is 635. The Kier molecular flexibility index (Phi) is 2.75. The van der Waals surface area contributed by atoms with E-state index in [1.165, 1.54) is 18.5 Å². The maximum Gasteiger partial charge on any atom is 0.275 e. The molecule has 0 radical (unpaired) electrons. The third kappa shape index (κ3) is 2.33. The van der Waals surface area contributed by atoms with Crippen LogP contribution in [0, 0.1) is 0 Å². The van der Waals surface area contributed by atoms with Crippen LogP contribution in [-0.2, 0) is 6.67 Å². The Morgan fingerprint density at radius 3 is 2.89 bits per heavy atom. The summed E-state index contributed by atoms with van der Waals surface area (Å²) in [5.41, 5.74) is 0.958. The smallest absolute Gasteiger partial charge is 0.275 e. The lowest BCUT2D eigenvalue weighted by Crippen LogP contribution is -2.16. The average Bonchev–Trinajstić information content (AvgIpc) is 2.83. The van der Waals surface area contributed by atoms with E-state index in [2.05, 4.69) is 10.3 Å². The highest BCUT2D eigenvalue weighted by Crippen LogP contribution is 2.14. The molecule has 1 N–H and O–H groups in total. The number of amides is 1. The molecule has 5 nitrogen and oxygen atoms in total. The van der Waals surface area contributed by atoms with Crippen LogP contribution in [0.25, 0.3) is 6.08 Å². The highest BCUT2D eigenvalue weighted by Gasteiger charge is 2.16. The molecule has 0 fully saturated rings. The minimum Gasteiger partial charge on any atom is -0.321 e. The van der Waals surface area contributed by atoms with Crippen molar-refractivity contribution in [3.05, 3.63) is 54.2 Å². The molecule has 0 bridgehead atoms. The fourth-order valence-electron chi connectivity index (χ4n) is 1.84. The molecule has 0 atom stereocenters. The van der Waals surface area contributed by atoms with Crippen LogP contribution in [0.15, 0.2) is 42.7 Å². The van der Waals surface area contributed by atoms with E-state index >= 15 is 0 Å². The molecule has 6 heteroatoms. The van der Waals surface area contributed by atoms with Crippen LogP contribution in [0.2, 0.25) is 0 Å². The van der Waals surface area contributed by atoms with Crippen LogP contribution in [0.3, 0.4) is 0 Å². The van der Waals surface area contributed by atoms with Gasteiger partial charge in [-0.2, -0.15) is 5.12 Å². The Morgan fingerprint density at radius 2 is 2.11 bits per heavy atom. The summed E-state index contributed by atoms with van der Waals surface area (Å²) in [6.45, 7) is 0.0391. The third-order valence-electron chi connectivity index (χ3n) is 2.74. The molecule has 0 aliphatic carbocycles. The number of imidazole rings is 1. The quantitative estimate of drug-likeness (QED) is 0.841. The minimum absolute atomic E-state index is 0.0391. The van der Waals surface area contributed by atoms with Gasteiger partial charge in [0.15, 0.2) is 0 Å². The lowest BCUT2D eigenvalue weighted by atomic mass is 10.3. The van der Waals surface area contributed by atoms with E-state index in [0.29, 0.717) is 16.6 Å². The van der Waals surface area contributed by atoms with Gasteiger partial charge in [-0.15, -0.1) is 0 Å². The second-order valence-corrected chi connectivity index (χ2v) is 4.13. The minimum atomic E-state index is -0.313. The van der Waals surface area contributed by atoms with Gasteiger partial charge in [0, 0.05) is 18.1 Å². The third-order valence-corrected chi connectivity index (χ3v) is 2.74. The number of hydrogen-bond donors (Lipinski definition) is 1. The predicted molar refractivity (Wildman–Crippen MR) is 68.6 cm³/mol. The number of benzene rings is 1. The van der Waals surface area contributed by atoms with E-state index in [1.807, 2.05) is 18.2 Å². The first kappa shape index (κ1) is 11.5. The molecule has 2 aromatic rings. The largest absolute Gasteiger partial charge is 0.321 e. The molecule has 1 aliphatic heterocycles. The molecule has 0 unspecified atom stereocenters. The average molecular weight is 258 g/mol. The fourth-order valence-corrected chi connectivity index (χ4v) is 1.84. The van der Waals surface area contributed by atoms with Gasteiger partial charge in [0.1, 0.15) is 18.2 Å². The lowest BCUT2D eigenvalue weighted by molar-refractivity contribution is 0.0492. The Labute approximate surface area is 108 Å². The van der Waals surface area contributed by atoms with Crippen molar-refractivity contribution < 1.29 is 9.28 Å². The topological polar surface area (TPSA) is 50.2 Å². The van der Waals surface area contributed by atoms with Crippen molar-refractivity contribution in [2.75, 3.05) is 5.32 Å². The van der Waals surface area contributed by atoms with Gasteiger partial charge in [-0.3, -0.25) is 4.79 Å². The highest BCUT2D eigenvalue weighted by molar-refractivity contribution is 6.02. The van der Waals surface area contributed by atoms with Crippen LogP contribution in [0.1, 0.15) is 16.3 Å². The van der Waals surface area contributed by atoms with Crippen molar-refractivity contribution in [2.45, 2.75) is 6.67 Å². The van der Waals surface area contributed by atoms with Crippen LogP contribution in [-0.4, -0.2) is 20.6 Å². The number of aromatic nitrogens is 2. The standard InChI is InChI=1S/C13H11FN4O/c14-18-7-6-12-16-11(8-17(12)9-18)13(19)15-10-4-2-1-3-5-10/h1-8H,9H2,(H,15,19). The molecule has 0 saturated heterocycles. The summed E-state index contributed by atoms with van der Waals surface area (Å²) in [6.07, 6.45) is 4.33. The Hall–Kier alpha value is -2.63. The number of para-hydroxylation sites is 1. The normalized spacial score (nSPS) is 13.2. The zero-order chi connectivity index (χ0) is 13.2. The first-order valence-electron chi connectivity index (χ1n) is 5.76. The molecule has 0 saturated carbocycles. The Morgan fingerprint density at radius 1 is 1.32 bits per heavy atom. The van der Waals surface area contributed by atoms with E-state index in [9.17, 15) is 9.28 Å². The van der Waals surface area contributed by atoms with Gasteiger partial charge in [-0.05, 0) is 18.2 Å². The molecular weight excluding hydrogens is 247 g/mol. The van der Waals surface area contributed by atoms with Gasteiger partial charge in [0.25, 0.3) is 5.91 Å². The van der Waals surface area contributed by atoms with Crippen molar-refractivity contribution in [1.82, 2.24) is 14.7 Å². The molecule has 19 heavy (non-hydrogen) atoms. The van der Waals surface area contributed by atoms with Crippen molar-refractivity contribution in [1.29, 1.82) is 0 Å². The summed E-state index contributed by atoms with van der Waals surface area (Å²) >= 11 is 0. The number of rotatable bonds is 2. The molecule has 2 heterocycles. The maximum atomic E-state index is 13.0. The molecule has 0 spiro atoms. The van der Waals surface area contributed by atoms with Crippen LogP contribution in [0.4, 0.5) is 10.2 Å². The Balaban J connectivity index is 1.80. The van der Waals surface area contributed by atoms with E-state index in [-0.39, 0.29) is 18.3 Å². The zero-order valence-corrected chi connectivity index (χ0v) is 9.95. The maximum absolute atomic E-state index is 13.0. The van der Waals surface area contributed by atoms with Gasteiger partial charge in [0.2, 0.25) is 0 Å². The number of carbonyl (C=O) groups is 1. The molecular formula is C13H11FN4O. The van der Waals surface area contributed by atoms with Gasteiger partial charge in [0.05, 0.1) is 0 Å². The van der Waals surface area contributed by atoms with E-state index in [0.717, 1.165) is 0 Å². The molecule has 1 aromatic carbocycles. The summed E-state index contributed by atoms with van der Waals surface area (Å²) in [5, 5.41) is 3.25. The van der Waals surface area contributed by atoms with Crippen molar-refractivity contribution in [3.8, 4) is 0 Å². The van der Waals surface area contributed by atoms with Gasteiger partial charge >= 0.3 is 0 Å². The van der Waals surface area contributed by atoms with Crippen LogP contribution < -0.4 is 5.32 Å². The molecule has 3 rings (SSSR count). The number of anilines is 1. The summed E-state index contributed by atoms with van der Waals surface area (Å²) in [7, 11) is 0. The van der Waals surface area contributed by atoms with Gasteiger partial charge in [-0.1, -0.05) is 22.7 Å². The van der Waals surface area contributed by atoms with Crippen molar-refractivity contribution in [3.63, 3.8) is 0 Å². The first-order chi connectivity index (χ1) is 9.22. The second-order valence-electron chi connectivity index (χ2n) is 4.13. The fraction of sp³-hybridized carbons (Fsp3) is 0.0769. The van der Waals surface area contributed by atoms with Gasteiger partial charge < -0.3 is 9.88 Å². The zero-order valence-electron chi connectivity index (χ0n) is 9.95. The van der Waals surface area contributed by atoms with E-state index in [4.69, 9.17) is 0 Å². The molecule has 1 amide bonds. The number of halogens is 1. The summed E-state index contributed by atoms with van der Waals surface area (Å²) < 4.78 is 14.6. The molecule has 1 aromatic heterocycles. The number of fused-ring (bicyclic) bond motifs is 1. The number of nitrogens with zero attached hydrogens (tertiary/aromatic N) is 3. The SMILES string of the molecule is O=C(Nc1ccccc1)c1cn2c(n1)C=CN(F)C2. The molecule has 1 aliphatic rings. The monoisotopic (exact) mass is 258 g/mol. The predicted octanol–water partition coefficient (Wildman–Crippen LogP) is 2.26. The van der Waals surface area contributed by atoms with Crippen molar-refractivity contribution >= 4 is 17.7 Å². The van der Waals surface area contributed by atoms with Crippen LogP contribution in [0.5, 0.6) is 0 Å². The summed E-state index contributed by atoms with van der Waals surface area (Å²) in [6, 6.07) is 9.11. The summed E-state index contributed by atoms with van der Waals surface area (Å²) in [5.74, 6) is 0.249. The lowest BCUT2D eigenvalue weighted by Gasteiger charge is -2.14. The van der Waals surface area contributed by atoms with Gasteiger partial charge in [-0.25, -0.2) is 4.98 Å². The van der Waals surface area contributed by atoms with E-state index in [1.54, 1.807) is 16.7 Å². The second kappa shape index (κ2) is 4.56. The molecule has 96 valence electrons. The number of nitrogens with one attached hydrogen (secondary N) is 1. The highest BCUT2D eigenvalue weighted by atomic mass is 19.2. The summed E-state index contributed by atoms with van der Waals surface area (Å²) in [4.78, 5) is 16.1.